The molecule has 122 valence electrons. The van der Waals surface area contributed by atoms with Gasteiger partial charge in [0, 0.05) is 18.4 Å². The fraction of sp³-hybridized carbons (Fsp3) is 0.895. The van der Waals surface area contributed by atoms with E-state index in [1.807, 2.05) is 0 Å². The van der Waals surface area contributed by atoms with Crippen LogP contribution in [-0.2, 0) is 18.4 Å². The predicted octanol–water partition coefficient (Wildman–Crippen LogP) is 4.35. The Bertz CT molecular complexity index is 508. The number of aromatic nitrogens is 3. The zero-order chi connectivity index (χ0) is 15.3. The van der Waals surface area contributed by atoms with Gasteiger partial charge in [0.2, 0.25) is 0 Å². The van der Waals surface area contributed by atoms with Gasteiger partial charge in [-0.15, -0.1) is 10.2 Å². The van der Waals surface area contributed by atoms with E-state index in [4.69, 9.17) is 5.10 Å². The molecule has 4 aliphatic rings. The van der Waals surface area contributed by atoms with Crippen molar-refractivity contribution in [1.82, 2.24) is 14.8 Å². The fourth-order valence-corrected chi connectivity index (χ4v) is 6.08. The molecular weight excluding hydrogens is 270 g/mol. The van der Waals surface area contributed by atoms with E-state index in [2.05, 4.69) is 30.4 Å². The van der Waals surface area contributed by atoms with Gasteiger partial charge in [0.1, 0.15) is 11.6 Å². The minimum Gasteiger partial charge on any atom is -0.314 e. The van der Waals surface area contributed by atoms with Gasteiger partial charge < -0.3 is 4.57 Å². The molecule has 0 aliphatic heterocycles. The second-order valence-corrected chi connectivity index (χ2v) is 8.89. The van der Waals surface area contributed by atoms with Crippen LogP contribution in [0.3, 0.4) is 0 Å². The molecule has 0 N–H and O–H groups in total. The Labute approximate surface area is 134 Å². The normalized spacial score (nSPS) is 36.5. The summed E-state index contributed by atoms with van der Waals surface area (Å²) in [6.45, 7) is 7.98. The van der Waals surface area contributed by atoms with Crippen molar-refractivity contribution in [2.45, 2.75) is 84.1 Å². The molecule has 3 nitrogen and oxygen atoms in total. The van der Waals surface area contributed by atoms with Crippen molar-refractivity contribution in [3.05, 3.63) is 11.6 Å². The molecular formula is C19H31N3. The van der Waals surface area contributed by atoms with E-state index in [1.165, 1.54) is 50.2 Å². The molecule has 4 saturated carbocycles. The van der Waals surface area contributed by atoms with Crippen molar-refractivity contribution < 1.29 is 0 Å². The Kier molecular flexibility index (Phi) is 3.58. The van der Waals surface area contributed by atoms with Crippen LogP contribution in [0.1, 0.15) is 77.4 Å². The molecule has 0 aromatic carbocycles. The summed E-state index contributed by atoms with van der Waals surface area (Å²) < 4.78 is 2.53. The highest BCUT2D eigenvalue weighted by Crippen LogP contribution is 2.60. The molecule has 5 rings (SSSR count). The summed E-state index contributed by atoms with van der Waals surface area (Å²) >= 11 is 0. The predicted molar refractivity (Wildman–Crippen MR) is 88.7 cm³/mol. The van der Waals surface area contributed by atoms with Crippen LogP contribution in [0, 0.1) is 23.7 Å². The highest BCUT2D eigenvalue weighted by Gasteiger charge is 2.53. The van der Waals surface area contributed by atoms with E-state index in [0.717, 1.165) is 37.1 Å². The maximum Gasteiger partial charge on any atom is 0.139 e. The van der Waals surface area contributed by atoms with Crippen LogP contribution in [-0.4, -0.2) is 14.8 Å². The van der Waals surface area contributed by atoms with Crippen molar-refractivity contribution in [1.29, 1.82) is 0 Å². The lowest BCUT2D eigenvalue weighted by Crippen LogP contribution is -2.50. The monoisotopic (exact) mass is 301 g/mol. The zero-order valence-corrected chi connectivity index (χ0v) is 14.5. The van der Waals surface area contributed by atoms with Gasteiger partial charge >= 0.3 is 0 Å². The Morgan fingerprint density at radius 1 is 1.05 bits per heavy atom. The first-order chi connectivity index (χ1) is 10.6. The van der Waals surface area contributed by atoms with Crippen LogP contribution >= 0.6 is 0 Å². The van der Waals surface area contributed by atoms with E-state index in [0.29, 0.717) is 11.3 Å². The molecule has 4 aliphatic carbocycles. The smallest absolute Gasteiger partial charge is 0.139 e. The van der Waals surface area contributed by atoms with E-state index in [9.17, 15) is 0 Å². The van der Waals surface area contributed by atoms with Gasteiger partial charge in [0.25, 0.3) is 0 Å². The highest BCUT2D eigenvalue weighted by molar-refractivity contribution is 5.19. The lowest BCUT2D eigenvalue weighted by atomic mass is 9.49. The van der Waals surface area contributed by atoms with Gasteiger partial charge in [-0.1, -0.05) is 20.8 Å². The molecule has 0 atom stereocenters. The molecule has 0 saturated heterocycles. The third-order valence-corrected chi connectivity index (χ3v) is 6.36. The standard InChI is InChI=1S/C19H31N3/c1-4-5-17-20-21-18(22(17)12-13(2)3)19-9-14-6-15(10-19)8-16(7-14)11-19/h13-16H,4-12H2,1-3H3. The summed E-state index contributed by atoms with van der Waals surface area (Å²) in [7, 11) is 0. The Morgan fingerprint density at radius 3 is 2.14 bits per heavy atom. The average molecular weight is 301 g/mol. The molecule has 0 radical (unpaired) electrons. The van der Waals surface area contributed by atoms with Crippen molar-refractivity contribution in [3.8, 4) is 0 Å². The molecule has 3 heteroatoms. The minimum absolute atomic E-state index is 0.378. The SMILES string of the molecule is CCCc1nnc(C23CC4CC(CC(C4)C2)C3)n1CC(C)C. The van der Waals surface area contributed by atoms with Crippen molar-refractivity contribution >= 4 is 0 Å². The molecule has 0 unspecified atom stereocenters. The van der Waals surface area contributed by atoms with Crippen LogP contribution in [0.2, 0.25) is 0 Å². The van der Waals surface area contributed by atoms with Crippen LogP contribution in [0.5, 0.6) is 0 Å². The third kappa shape index (κ3) is 2.32. The van der Waals surface area contributed by atoms with Crippen LogP contribution in [0.25, 0.3) is 0 Å². The van der Waals surface area contributed by atoms with Crippen LogP contribution in [0.4, 0.5) is 0 Å². The number of hydrogen-bond donors (Lipinski definition) is 0. The summed E-state index contributed by atoms with van der Waals surface area (Å²) in [5.41, 5.74) is 0.378. The van der Waals surface area contributed by atoms with Gasteiger partial charge in [-0.2, -0.15) is 0 Å². The molecule has 0 spiro atoms. The number of hydrogen-bond acceptors (Lipinski definition) is 2. The molecule has 4 bridgehead atoms. The van der Waals surface area contributed by atoms with Gasteiger partial charge in [-0.25, -0.2) is 0 Å². The van der Waals surface area contributed by atoms with Gasteiger partial charge in [0.05, 0.1) is 0 Å². The number of aryl methyl sites for hydroxylation is 1. The summed E-state index contributed by atoms with van der Waals surface area (Å²) in [6.07, 6.45) is 10.9. The van der Waals surface area contributed by atoms with Crippen molar-refractivity contribution in [2.75, 3.05) is 0 Å². The Morgan fingerprint density at radius 2 is 1.64 bits per heavy atom. The van der Waals surface area contributed by atoms with E-state index < -0.39 is 0 Å². The van der Waals surface area contributed by atoms with Crippen molar-refractivity contribution in [3.63, 3.8) is 0 Å². The summed E-state index contributed by atoms with van der Waals surface area (Å²) in [6, 6.07) is 0. The summed E-state index contributed by atoms with van der Waals surface area (Å²) in [4.78, 5) is 0. The van der Waals surface area contributed by atoms with E-state index >= 15 is 0 Å². The van der Waals surface area contributed by atoms with E-state index in [-0.39, 0.29) is 0 Å². The van der Waals surface area contributed by atoms with Gasteiger partial charge in [-0.05, 0) is 68.6 Å². The second-order valence-electron chi connectivity index (χ2n) is 8.89. The molecule has 1 heterocycles. The number of nitrogens with zero attached hydrogens (tertiary/aromatic N) is 3. The van der Waals surface area contributed by atoms with Gasteiger partial charge in [-0.3, -0.25) is 0 Å². The minimum atomic E-state index is 0.378. The first kappa shape index (κ1) is 14.7. The molecule has 1 aromatic rings. The van der Waals surface area contributed by atoms with E-state index in [1.54, 1.807) is 0 Å². The van der Waals surface area contributed by atoms with Gasteiger partial charge in [0.15, 0.2) is 0 Å². The fourth-order valence-electron chi connectivity index (χ4n) is 6.08. The highest BCUT2D eigenvalue weighted by atomic mass is 15.3. The quantitative estimate of drug-likeness (QED) is 0.809. The largest absolute Gasteiger partial charge is 0.314 e. The molecule has 0 amide bonds. The van der Waals surface area contributed by atoms with Crippen molar-refractivity contribution in [2.24, 2.45) is 23.7 Å². The zero-order valence-electron chi connectivity index (χ0n) is 14.5. The van der Waals surface area contributed by atoms with Crippen LogP contribution < -0.4 is 0 Å². The summed E-state index contributed by atoms with van der Waals surface area (Å²) in [5, 5.41) is 9.42. The number of rotatable bonds is 5. The lowest BCUT2D eigenvalue weighted by molar-refractivity contribution is -0.0114. The Balaban J connectivity index is 1.72. The average Bonchev–Trinajstić information content (AvgIpc) is 2.80. The topological polar surface area (TPSA) is 30.7 Å². The summed E-state index contributed by atoms with van der Waals surface area (Å²) in [5.74, 6) is 6.20. The first-order valence-electron chi connectivity index (χ1n) is 9.52. The maximum atomic E-state index is 4.79. The Hall–Kier alpha value is -0.860. The second kappa shape index (κ2) is 5.35. The first-order valence-corrected chi connectivity index (χ1v) is 9.52. The maximum absolute atomic E-state index is 4.79. The molecule has 1 aromatic heterocycles. The lowest BCUT2D eigenvalue weighted by Gasteiger charge is -2.56. The molecule has 4 fully saturated rings. The third-order valence-electron chi connectivity index (χ3n) is 6.36. The molecule has 22 heavy (non-hydrogen) atoms. The van der Waals surface area contributed by atoms with Crippen LogP contribution in [0.15, 0.2) is 0 Å².